The first kappa shape index (κ1) is 23.4. The van der Waals surface area contributed by atoms with E-state index in [9.17, 15) is 14.7 Å². The highest BCUT2D eigenvalue weighted by Gasteiger charge is 2.33. The Balaban J connectivity index is 1.41. The molecule has 1 saturated heterocycles. The van der Waals surface area contributed by atoms with Crippen molar-refractivity contribution >= 4 is 66.9 Å². The van der Waals surface area contributed by atoms with Crippen LogP contribution < -0.4 is 9.80 Å². The van der Waals surface area contributed by atoms with Gasteiger partial charge in [-0.3, -0.25) is 19.3 Å². The molecular weight excluding hydrogens is 510 g/mol. The Labute approximate surface area is 221 Å². The average Bonchev–Trinajstić information content (AvgIpc) is 3.56. The van der Waals surface area contributed by atoms with Crippen molar-refractivity contribution in [2.45, 2.75) is 13.3 Å². The topological polar surface area (TPSA) is 91.6 Å². The molecule has 10 heteroatoms. The number of carbonyl (C=O) groups excluding carboxylic acids is 1. The maximum absolute atomic E-state index is 13.5. The van der Waals surface area contributed by atoms with E-state index in [4.69, 9.17) is 16.6 Å². The molecule has 1 aliphatic rings. The second-order valence-corrected chi connectivity index (χ2v) is 10.5. The van der Waals surface area contributed by atoms with Gasteiger partial charge in [-0.15, -0.1) is 0 Å². The van der Waals surface area contributed by atoms with Crippen LogP contribution in [0.25, 0.3) is 32.2 Å². The second-order valence-electron chi connectivity index (χ2n) is 9.07. The minimum absolute atomic E-state index is 0.111. The van der Waals surface area contributed by atoms with Gasteiger partial charge in [0.1, 0.15) is 0 Å². The number of nitrogens with zero attached hydrogens (tertiary/aromatic N) is 5. The average molecular weight is 532 g/mol. The molecule has 0 aliphatic carbocycles. The van der Waals surface area contributed by atoms with E-state index in [1.54, 1.807) is 32.8 Å². The number of fused-ring (bicyclic) bond motifs is 2. The number of carboxylic acid groups (broad SMARTS) is 1. The van der Waals surface area contributed by atoms with Crippen LogP contribution in [0.15, 0.2) is 54.7 Å². The number of aromatic nitrogens is 3. The highest BCUT2D eigenvalue weighted by molar-refractivity contribution is 7.23. The quantitative estimate of drug-likeness (QED) is 0.305. The van der Waals surface area contributed by atoms with E-state index in [0.29, 0.717) is 23.2 Å². The zero-order valence-corrected chi connectivity index (χ0v) is 21.7. The third-order valence-corrected chi connectivity index (χ3v) is 8.11. The van der Waals surface area contributed by atoms with Crippen LogP contribution in [0.4, 0.5) is 15.6 Å². The molecule has 1 fully saturated rings. The van der Waals surface area contributed by atoms with Gasteiger partial charge in [-0.25, -0.2) is 9.78 Å². The van der Waals surface area contributed by atoms with Crippen molar-refractivity contribution < 1.29 is 14.7 Å². The fourth-order valence-electron chi connectivity index (χ4n) is 4.91. The number of aliphatic carboxylic acids is 1. The lowest BCUT2D eigenvalue weighted by Crippen LogP contribution is -2.31. The number of hydrogen-bond acceptors (Lipinski definition) is 5. The summed E-state index contributed by atoms with van der Waals surface area (Å²) in [5.74, 6) is -0.904. The molecule has 37 heavy (non-hydrogen) atoms. The molecule has 5 aromatic rings. The third-order valence-electron chi connectivity index (χ3n) is 6.74. The smallest absolute Gasteiger partial charge is 0.330 e. The summed E-state index contributed by atoms with van der Waals surface area (Å²) in [5, 5.41) is 16.1. The van der Waals surface area contributed by atoms with Gasteiger partial charge >= 0.3 is 12.0 Å². The van der Waals surface area contributed by atoms with E-state index in [0.717, 1.165) is 49.1 Å². The molecule has 0 saturated carbocycles. The lowest BCUT2D eigenvalue weighted by atomic mass is 9.93. The fraction of sp³-hybridized carbons (Fsp3) is 0.185. The van der Waals surface area contributed by atoms with Gasteiger partial charge in [0.2, 0.25) is 0 Å². The summed E-state index contributed by atoms with van der Waals surface area (Å²) in [5.41, 5.74) is 5.82. The standard InChI is InChI=1S/C27H22ClN5O3S/c1-15-11-21-25(24(20(15)13-23(34)35)16-3-5-18(28)6-4-16)37-26(30-21)33-10-9-32(27(33)36)19-7-8-22-17(12-19)14-29-31(22)2/h3-8,11-12,14H,9-10,13H2,1-2H3,(H,34,35). The first-order valence-corrected chi connectivity index (χ1v) is 12.9. The maximum Gasteiger partial charge on any atom is 0.330 e. The van der Waals surface area contributed by atoms with Crippen molar-refractivity contribution in [3.63, 3.8) is 0 Å². The van der Waals surface area contributed by atoms with E-state index >= 15 is 0 Å². The minimum Gasteiger partial charge on any atom is -0.481 e. The number of aryl methyl sites for hydroxylation is 2. The van der Waals surface area contributed by atoms with E-state index < -0.39 is 5.97 Å². The van der Waals surface area contributed by atoms with Crippen LogP contribution in [-0.4, -0.2) is 45.0 Å². The van der Waals surface area contributed by atoms with Crippen LogP contribution >= 0.6 is 22.9 Å². The van der Waals surface area contributed by atoms with Gasteiger partial charge < -0.3 is 5.11 Å². The number of carbonyl (C=O) groups is 2. The zero-order valence-electron chi connectivity index (χ0n) is 20.1. The van der Waals surface area contributed by atoms with Crippen molar-refractivity contribution in [1.29, 1.82) is 0 Å². The number of hydrogen-bond donors (Lipinski definition) is 1. The number of carboxylic acids is 1. The molecule has 3 heterocycles. The predicted octanol–water partition coefficient (Wildman–Crippen LogP) is 5.89. The van der Waals surface area contributed by atoms with Crippen LogP contribution in [0, 0.1) is 6.92 Å². The molecule has 0 spiro atoms. The molecule has 0 radical (unpaired) electrons. The minimum atomic E-state index is -0.904. The highest BCUT2D eigenvalue weighted by atomic mass is 35.5. The number of thiazole rings is 1. The number of anilines is 2. The summed E-state index contributed by atoms with van der Waals surface area (Å²) >= 11 is 7.52. The molecule has 186 valence electrons. The summed E-state index contributed by atoms with van der Waals surface area (Å²) in [6.45, 7) is 2.93. The van der Waals surface area contributed by atoms with E-state index in [1.807, 2.05) is 50.4 Å². The number of urea groups is 1. The first-order chi connectivity index (χ1) is 17.8. The molecule has 0 atom stereocenters. The van der Waals surface area contributed by atoms with Gasteiger partial charge in [0.25, 0.3) is 0 Å². The number of benzene rings is 3. The van der Waals surface area contributed by atoms with Crippen LogP contribution in [-0.2, 0) is 18.3 Å². The second kappa shape index (κ2) is 8.86. The molecule has 1 aliphatic heterocycles. The summed E-state index contributed by atoms with van der Waals surface area (Å²) < 4.78 is 2.65. The van der Waals surface area contributed by atoms with Crippen molar-refractivity contribution in [3.8, 4) is 11.1 Å². The first-order valence-electron chi connectivity index (χ1n) is 11.7. The summed E-state index contributed by atoms with van der Waals surface area (Å²) in [6.07, 6.45) is 1.68. The number of halogens is 1. The monoisotopic (exact) mass is 531 g/mol. The van der Waals surface area contributed by atoms with Gasteiger partial charge in [-0.05, 0) is 60.0 Å². The summed E-state index contributed by atoms with van der Waals surface area (Å²) in [7, 11) is 1.89. The van der Waals surface area contributed by atoms with Crippen molar-refractivity contribution in [2.24, 2.45) is 7.05 Å². The lowest BCUT2D eigenvalue weighted by molar-refractivity contribution is -0.136. The lowest BCUT2D eigenvalue weighted by Gasteiger charge is -2.17. The number of amides is 2. The van der Waals surface area contributed by atoms with E-state index in [-0.39, 0.29) is 12.5 Å². The Hall–Kier alpha value is -3.95. The zero-order chi connectivity index (χ0) is 25.8. The molecular formula is C27H22ClN5O3S. The van der Waals surface area contributed by atoms with Gasteiger partial charge in [0, 0.05) is 41.8 Å². The third kappa shape index (κ3) is 4.00. The summed E-state index contributed by atoms with van der Waals surface area (Å²) in [4.78, 5) is 33.5. The van der Waals surface area contributed by atoms with Crippen LogP contribution in [0.2, 0.25) is 5.02 Å². The Morgan fingerprint density at radius 1 is 1.11 bits per heavy atom. The molecule has 6 rings (SSSR count). The Morgan fingerprint density at radius 3 is 2.62 bits per heavy atom. The fourth-order valence-corrected chi connectivity index (χ4v) is 6.20. The molecule has 1 N–H and O–H groups in total. The molecule has 3 aromatic carbocycles. The normalized spacial score (nSPS) is 13.9. The van der Waals surface area contributed by atoms with E-state index in [1.165, 1.54) is 11.3 Å². The molecule has 0 unspecified atom stereocenters. The van der Waals surface area contributed by atoms with Gasteiger partial charge in [0.05, 0.1) is 28.4 Å². The molecule has 8 nitrogen and oxygen atoms in total. The Bertz CT molecular complexity index is 1710. The van der Waals surface area contributed by atoms with E-state index in [2.05, 4.69) is 5.10 Å². The Kier molecular flexibility index (Phi) is 5.62. The molecule has 2 aromatic heterocycles. The van der Waals surface area contributed by atoms with Crippen LogP contribution in [0.3, 0.4) is 0 Å². The maximum atomic E-state index is 13.5. The van der Waals surface area contributed by atoms with Gasteiger partial charge in [-0.2, -0.15) is 5.10 Å². The number of rotatable bonds is 5. The SMILES string of the molecule is Cc1cc2nc(N3CCN(c4ccc5c(cnn5C)c4)C3=O)sc2c(-c2ccc(Cl)cc2)c1CC(=O)O. The molecule has 0 bridgehead atoms. The van der Waals surface area contributed by atoms with Crippen molar-refractivity contribution in [3.05, 3.63) is 70.9 Å². The van der Waals surface area contributed by atoms with Crippen molar-refractivity contribution in [2.75, 3.05) is 22.9 Å². The molecule has 2 amide bonds. The van der Waals surface area contributed by atoms with Crippen LogP contribution in [0.1, 0.15) is 11.1 Å². The largest absolute Gasteiger partial charge is 0.481 e. The van der Waals surface area contributed by atoms with Gasteiger partial charge in [0.15, 0.2) is 5.13 Å². The van der Waals surface area contributed by atoms with Crippen molar-refractivity contribution in [1.82, 2.24) is 14.8 Å². The predicted molar refractivity (Wildman–Crippen MR) is 147 cm³/mol. The van der Waals surface area contributed by atoms with Crippen LogP contribution in [0.5, 0.6) is 0 Å². The Morgan fingerprint density at radius 2 is 1.86 bits per heavy atom. The highest BCUT2D eigenvalue weighted by Crippen LogP contribution is 2.41. The van der Waals surface area contributed by atoms with Gasteiger partial charge in [-0.1, -0.05) is 35.1 Å². The summed E-state index contributed by atoms with van der Waals surface area (Å²) in [6, 6.07) is 15.0.